The van der Waals surface area contributed by atoms with Gasteiger partial charge in [0.1, 0.15) is 5.75 Å². The van der Waals surface area contributed by atoms with E-state index in [1.165, 1.54) is 0 Å². The van der Waals surface area contributed by atoms with Crippen molar-refractivity contribution in [3.8, 4) is 5.75 Å². The van der Waals surface area contributed by atoms with Crippen LogP contribution in [0, 0.1) is 6.92 Å². The summed E-state index contributed by atoms with van der Waals surface area (Å²) in [7, 11) is 0. The van der Waals surface area contributed by atoms with Crippen molar-refractivity contribution in [2.24, 2.45) is 0 Å². The first kappa shape index (κ1) is 19.4. The number of carbonyl (C=O) groups excluding carboxylic acids is 1. The van der Waals surface area contributed by atoms with Crippen LogP contribution in [0.1, 0.15) is 31.2 Å². The van der Waals surface area contributed by atoms with Gasteiger partial charge in [-0.15, -0.1) is 0 Å². The highest BCUT2D eigenvalue weighted by Gasteiger charge is 2.07. The number of benzene rings is 2. The number of rotatable bonds is 9. The number of fused-ring (bicyclic) bond motifs is 2. The summed E-state index contributed by atoms with van der Waals surface area (Å²) in [4.78, 5) is 14.8. The van der Waals surface area contributed by atoms with Crippen molar-refractivity contribution in [3.05, 3.63) is 47.0 Å². The second kappa shape index (κ2) is 9.00. The van der Waals surface area contributed by atoms with Gasteiger partial charge in [0.2, 0.25) is 6.41 Å². The smallest absolute Gasteiger partial charge is 0.237 e. The monoisotopic (exact) mass is 388 g/mol. The number of nitrogens with zero attached hydrogens (tertiary/aromatic N) is 2. The van der Waals surface area contributed by atoms with Gasteiger partial charge in [0.15, 0.2) is 0 Å². The lowest BCUT2D eigenvalue weighted by molar-refractivity contribution is -0.131. The Morgan fingerprint density at radius 2 is 1.89 bits per heavy atom. The van der Waals surface area contributed by atoms with E-state index in [-0.39, 0.29) is 18.1 Å². The van der Waals surface area contributed by atoms with E-state index >= 15 is 0 Å². The second-order valence-electron chi connectivity index (χ2n) is 6.57. The highest BCUT2D eigenvalue weighted by molar-refractivity contribution is 6.31. The summed E-state index contributed by atoms with van der Waals surface area (Å²) in [5.41, 5.74) is 2.96. The summed E-state index contributed by atoms with van der Waals surface area (Å²) in [5, 5.41) is 3.01. The van der Waals surface area contributed by atoms with Crippen LogP contribution in [0.15, 0.2) is 36.4 Å². The number of hydrogen-bond acceptors (Lipinski definition) is 3. The largest absolute Gasteiger partial charge is 0.494 e. The molecule has 0 atom stereocenters. The Bertz CT molecular complexity index is 948. The topological polar surface area (TPSA) is 42.4 Å². The molecular weight excluding hydrogens is 367 g/mol. The number of pyridine rings is 1. The van der Waals surface area contributed by atoms with E-state index < -0.39 is 0 Å². The summed E-state index contributed by atoms with van der Waals surface area (Å²) in [6.45, 7) is 2.84. The molecule has 0 saturated heterocycles. The van der Waals surface area contributed by atoms with Crippen molar-refractivity contribution >= 4 is 39.8 Å². The van der Waals surface area contributed by atoms with Gasteiger partial charge in [-0.3, -0.25) is 4.79 Å². The van der Waals surface area contributed by atoms with E-state index in [1.54, 1.807) is 0 Å². The number of aromatic nitrogens is 1. The Balaban J connectivity index is 1.60. The van der Waals surface area contributed by atoms with Crippen molar-refractivity contribution < 1.29 is 14.0 Å². The summed E-state index contributed by atoms with van der Waals surface area (Å²) in [5.74, 6) is 0.816. The molecule has 6 heteroatoms. The third-order valence-corrected chi connectivity index (χ3v) is 4.86. The van der Waals surface area contributed by atoms with Crippen LogP contribution in [0.4, 0.5) is 4.48 Å². The number of unbranched alkanes of at least 4 members (excludes halogenated alkanes) is 3. The summed E-state index contributed by atoms with van der Waals surface area (Å²) in [6.07, 6.45) is 3.56. The maximum atomic E-state index is 12.6. The first-order chi connectivity index (χ1) is 13.1. The summed E-state index contributed by atoms with van der Waals surface area (Å²) < 4.78 is 18.5. The van der Waals surface area contributed by atoms with Gasteiger partial charge in [-0.1, -0.05) is 28.6 Å². The first-order valence-corrected chi connectivity index (χ1v) is 9.46. The van der Waals surface area contributed by atoms with Crippen LogP contribution >= 0.6 is 11.6 Å². The van der Waals surface area contributed by atoms with Crippen molar-refractivity contribution in [2.45, 2.75) is 32.6 Å². The minimum Gasteiger partial charge on any atom is -0.494 e. The molecule has 0 fully saturated rings. The molecule has 4 nitrogen and oxygen atoms in total. The van der Waals surface area contributed by atoms with Crippen molar-refractivity contribution in [1.82, 2.24) is 10.1 Å². The Morgan fingerprint density at radius 1 is 1.07 bits per heavy atom. The minimum absolute atomic E-state index is 0.153. The molecule has 0 aliphatic heterocycles. The van der Waals surface area contributed by atoms with Crippen LogP contribution in [0.5, 0.6) is 5.75 Å². The fraction of sp³-hybridized carbons (Fsp3) is 0.333. The number of aryl methyl sites for hydroxylation is 1. The van der Waals surface area contributed by atoms with E-state index in [1.807, 2.05) is 36.4 Å². The molecule has 27 heavy (non-hydrogen) atoms. The number of hydrogen-bond donors (Lipinski definition) is 0. The van der Waals surface area contributed by atoms with Crippen LogP contribution in [0.2, 0.25) is 5.02 Å². The molecule has 0 spiro atoms. The molecule has 2 aromatic carbocycles. The normalized spacial score (nSPS) is 11.1. The molecule has 0 unspecified atom stereocenters. The van der Waals surface area contributed by atoms with Gasteiger partial charge in [0.25, 0.3) is 0 Å². The zero-order valence-corrected chi connectivity index (χ0v) is 16.0. The third-order valence-electron chi connectivity index (χ3n) is 4.63. The number of halogens is 2. The van der Waals surface area contributed by atoms with Gasteiger partial charge in [0.05, 0.1) is 24.2 Å². The van der Waals surface area contributed by atoms with Crippen molar-refractivity contribution in [2.75, 3.05) is 13.2 Å². The molecule has 0 bridgehead atoms. The van der Waals surface area contributed by atoms with Crippen LogP contribution in [-0.2, 0) is 4.79 Å². The molecule has 1 amide bonds. The van der Waals surface area contributed by atoms with Crippen LogP contribution in [0.25, 0.3) is 21.8 Å². The van der Waals surface area contributed by atoms with E-state index in [9.17, 15) is 9.28 Å². The Morgan fingerprint density at radius 3 is 2.70 bits per heavy atom. The van der Waals surface area contributed by atoms with Crippen molar-refractivity contribution in [3.63, 3.8) is 0 Å². The van der Waals surface area contributed by atoms with Gasteiger partial charge >= 0.3 is 0 Å². The maximum absolute atomic E-state index is 12.6. The molecule has 0 saturated carbocycles. The molecule has 0 aliphatic carbocycles. The zero-order chi connectivity index (χ0) is 19.2. The van der Waals surface area contributed by atoms with Gasteiger partial charge < -0.3 is 4.74 Å². The van der Waals surface area contributed by atoms with Gasteiger partial charge in [-0.25, -0.2) is 4.98 Å². The zero-order valence-electron chi connectivity index (χ0n) is 15.3. The van der Waals surface area contributed by atoms with Gasteiger partial charge in [-0.05, 0) is 62.1 Å². The molecule has 1 aromatic heterocycles. The first-order valence-electron chi connectivity index (χ1n) is 9.08. The van der Waals surface area contributed by atoms with E-state index in [0.29, 0.717) is 18.1 Å². The lowest BCUT2D eigenvalue weighted by atomic mass is 10.0. The number of amides is 1. The fourth-order valence-electron chi connectivity index (χ4n) is 3.15. The third kappa shape index (κ3) is 4.86. The van der Waals surface area contributed by atoms with E-state index in [2.05, 4.69) is 6.92 Å². The fourth-order valence-corrected chi connectivity index (χ4v) is 3.32. The highest BCUT2D eigenvalue weighted by atomic mass is 35.5. The SMILES string of the molecule is Cc1c2ccc(Cl)cc2nc2ccc(OCCCCCCN(F)C=O)cc12. The van der Waals surface area contributed by atoms with Crippen LogP contribution in [0.3, 0.4) is 0 Å². The predicted octanol–water partition coefficient (Wildman–Crippen LogP) is 5.63. The molecule has 142 valence electrons. The molecule has 3 aromatic rings. The molecule has 0 radical (unpaired) electrons. The Hall–Kier alpha value is -2.40. The van der Waals surface area contributed by atoms with Gasteiger partial charge in [-0.2, -0.15) is 5.12 Å². The van der Waals surface area contributed by atoms with Crippen LogP contribution in [-0.4, -0.2) is 29.7 Å². The highest BCUT2D eigenvalue weighted by Crippen LogP contribution is 2.29. The second-order valence-corrected chi connectivity index (χ2v) is 7.01. The Labute approximate surface area is 162 Å². The van der Waals surface area contributed by atoms with E-state index in [4.69, 9.17) is 21.3 Å². The van der Waals surface area contributed by atoms with E-state index in [0.717, 1.165) is 52.4 Å². The molecule has 0 N–H and O–H groups in total. The predicted molar refractivity (Wildman–Crippen MR) is 107 cm³/mol. The quantitative estimate of drug-likeness (QED) is 0.206. The standard InChI is InChI=1S/C21H22ClFN2O2/c1-15-18-8-6-16(22)12-21(18)24-20-9-7-17(13-19(15)20)27-11-5-3-2-4-10-25(23)14-26/h6-9,12-14H,2-5,10-11H2,1H3. The van der Waals surface area contributed by atoms with Crippen LogP contribution < -0.4 is 4.74 Å². The summed E-state index contributed by atoms with van der Waals surface area (Å²) >= 11 is 6.08. The average Bonchev–Trinajstić information content (AvgIpc) is 2.67. The lowest BCUT2D eigenvalue weighted by Gasteiger charge is -2.11. The average molecular weight is 389 g/mol. The summed E-state index contributed by atoms with van der Waals surface area (Å²) in [6, 6.07) is 11.7. The lowest BCUT2D eigenvalue weighted by Crippen LogP contribution is -2.11. The van der Waals surface area contributed by atoms with Gasteiger partial charge in [0, 0.05) is 15.8 Å². The molecule has 1 heterocycles. The number of ether oxygens (including phenoxy) is 1. The van der Waals surface area contributed by atoms with Crippen molar-refractivity contribution in [1.29, 1.82) is 0 Å². The Kier molecular flexibility index (Phi) is 6.45. The maximum Gasteiger partial charge on any atom is 0.237 e. The minimum atomic E-state index is 0.153. The molecule has 0 aliphatic rings. The number of carbonyl (C=O) groups is 1. The molecule has 3 rings (SSSR count). The molecular formula is C21H22ClFN2O2.